The summed E-state index contributed by atoms with van der Waals surface area (Å²) in [6.45, 7) is 4.36. The van der Waals surface area contributed by atoms with Gasteiger partial charge in [-0.2, -0.15) is 5.10 Å². The molecule has 0 unspecified atom stereocenters. The predicted octanol–water partition coefficient (Wildman–Crippen LogP) is 2.31. The number of aryl methyl sites for hydroxylation is 2. The van der Waals surface area contributed by atoms with Crippen molar-refractivity contribution in [2.24, 2.45) is 13.0 Å². The number of amides is 1. The quantitative estimate of drug-likeness (QED) is 0.865. The van der Waals surface area contributed by atoms with Crippen LogP contribution in [0.4, 0.5) is 10.2 Å². The van der Waals surface area contributed by atoms with Crippen LogP contribution in [0.25, 0.3) is 0 Å². The van der Waals surface area contributed by atoms with Gasteiger partial charge in [0.2, 0.25) is 5.91 Å². The second-order valence-corrected chi connectivity index (χ2v) is 6.10. The van der Waals surface area contributed by atoms with Gasteiger partial charge >= 0.3 is 0 Å². The summed E-state index contributed by atoms with van der Waals surface area (Å²) in [7, 11) is 3.42. The first kappa shape index (κ1) is 16.6. The van der Waals surface area contributed by atoms with E-state index in [2.05, 4.69) is 10.1 Å². The number of carbonyl (C=O) groups excluding carboxylic acids is 1. The summed E-state index contributed by atoms with van der Waals surface area (Å²) in [6, 6.07) is 2.80. The van der Waals surface area contributed by atoms with E-state index in [-0.39, 0.29) is 23.7 Å². The number of carbonyl (C=O) groups is 1. The van der Waals surface area contributed by atoms with E-state index in [1.165, 1.54) is 23.2 Å². The fourth-order valence-electron chi connectivity index (χ4n) is 3.31. The highest BCUT2D eigenvalue weighted by molar-refractivity contribution is 5.94. The molecule has 7 heteroatoms. The first-order valence-corrected chi connectivity index (χ1v) is 7.91. The Hall–Kier alpha value is -2.28. The lowest BCUT2D eigenvalue weighted by molar-refractivity contribution is -0.123. The van der Waals surface area contributed by atoms with Gasteiger partial charge in [-0.25, -0.2) is 9.37 Å². The van der Waals surface area contributed by atoms with Gasteiger partial charge in [-0.1, -0.05) is 0 Å². The zero-order valence-corrected chi connectivity index (χ0v) is 14.3. The molecular weight excluding hydrogens is 311 g/mol. The van der Waals surface area contributed by atoms with Crippen LogP contribution in [0.3, 0.4) is 0 Å². The largest absolute Gasteiger partial charge is 0.373 e. The lowest BCUT2D eigenvalue weighted by Crippen LogP contribution is -2.35. The van der Waals surface area contributed by atoms with Crippen LogP contribution < -0.4 is 4.90 Å². The van der Waals surface area contributed by atoms with Crippen LogP contribution >= 0.6 is 0 Å². The monoisotopic (exact) mass is 332 g/mol. The Kier molecular flexibility index (Phi) is 4.36. The molecule has 3 rings (SSSR count). The van der Waals surface area contributed by atoms with E-state index in [4.69, 9.17) is 4.74 Å². The van der Waals surface area contributed by atoms with Gasteiger partial charge in [0, 0.05) is 38.2 Å². The highest BCUT2D eigenvalue weighted by Gasteiger charge is 2.40. The first-order chi connectivity index (χ1) is 11.4. The second-order valence-electron chi connectivity index (χ2n) is 6.10. The molecule has 0 N–H and O–H groups in total. The molecule has 1 aliphatic rings. The molecule has 1 aliphatic heterocycles. The number of halogens is 1. The maximum Gasteiger partial charge on any atom is 0.234 e. The van der Waals surface area contributed by atoms with Crippen molar-refractivity contribution in [2.45, 2.75) is 26.4 Å². The molecule has 2 aromatic rings. The number of aromatic nitrogens is 3. The lowest BCUT2D eigenvalue weighted by Gasteiger charge is -2.24. The van der Waals surface area contributed by atoms with Crippen molar-refractivity contribution >= 4 is 11.7 Å². The maximum absolute atomic E-state index is 13.9. The van der Waals surface area contributed by atoms with Gasteiger partial charge in [0.1, 0.15) is 0 Å². The molecule has 2 atom stereocenters. The van der Waals surface area contributed by atoms with Crippen molar-refractivity contribution in [3.05, 3.63) is 41.1 Å². The van der Waals surface area contributed by atoms with Crippen molar-refractivity contribution in [1.82, 2.24) is 14.8 Å². The topological polar surface area (TPSA) is 60.3 Å². The van der Waals surface area contributed by atoms with Crippen LogP contribution in [0.15, 0.2) is 18.3 Å². The molecule has 0 radical (unpaired) electrons. The third kappa shape index (κ3) is 2.69. The summed E-state index contributed by atoms with van der Waals surface area (Å²) in [5.74, 6) is -1.05. The fraction of sp³-hybridized carbons (Fsp3) is 0.471. The van der Waals surface area contributed by atoms with Gasteiger partial charge in [-0.05, 0) is 32.4 Å². The third-order valence-corrected chi connectivity index (χ3v) is 4.65. The molecule has 1 fully saturated rings. The Bertz CT molecular complexity index is 774. The summed E-state index contributed by atoms with van der Waals surface area (Å²) in [5.41, 5.74) is 2.78. The SMILES string of the molecule is Cc1nn(C)c(C)c1[C@H]1OCC[C@@H]1C(=O)N(C)c1ncccc1F. The lowest BCUT2D eigenvalue weighted by atomic mass is 9.92. The average molecular weight is 332 g/mol. The number of hydrogen-bond donors (Lipinski definition) is 0. The van der Waals surface area contributed by atoms with E-state index in [0.717, 1.165) is 17.0 Å². The Morgan fingerprint density at radius 1 is 1.46 bits per heavy atom. The van der Waals surface area contributed by atoms with Gasteiger partial charge in [-0.3, -0.25) is 14.4 Å². The molecule has 3 heterocycles. The van der Waals surface area contributed by atoms with Crippen LogP contribution in [-0.2, 0) is 16.6 Å². The van der Waals surface area contributed by atoms with Gasteiger partial charge < -0.3 is 4.74 Å². The Labute approximate surface area is 140 Å². The molecule has 6 nitrogen and oxygen atoms in total. The number of pyridine rings is 1. The minimum absolute atomic E-state index is 0.0350. The van der Waals surface area contributed by atoms with Crippen molar-refractivity contribution < 1.29 is 13.9 Å². The van der Waals surface area contributed by atoms with E-state index in [1.54, 1.807) is 11.7 Å². The Morgan fingerprint density at radius 2 is 2.21 bits per heavy atom. The molecule has 24 heavy (non-hydrogen) atoms. The van der Waals surface area contributed by atoms with Gasteiger partial charge in [0.15, 0.2) is 11.6 Å². The zero-order valence-electron chi connectivity index (χ0n) is 14.3. The van der Waals surface area contributed by atoms with E-state index in [0.29, 0.717) is 13.0 Å². The third-order valence-electron chi connectivity index (χ3n) is 4.65. The van der Waals surface area contributed by atoms with Gasteiger partial charge in [0.25, 0.3) is 0 Å². The normalized spacial score (nSPS) is 20.4. The molecule has 0 saturated carbocycles. The molecule has 1 saturated heterocycles. The Morgan fingerprint density at radius 3 is 2.83 bits per heavy atom. The van der Waals surface area contributed by atoms with Crippen molar-refractivity contribution in [1.29, 1.82) is 0 Å². The minimum atomic E-state index is -0.516. The number of ether oxygens (including phenoxy) is 1. The van der Waals surface area contributed by atoms with Crippen molar-refractivity contribution in [3.63, 3.8) is 0 Å². The average Bonchev–Trinajstić information content (AvgIpc) is 3.11. The molecule has 0 aliphatic carbocycles. The molecule has 0 spiro atoms. The molecule has 1 amide bonds. The van der Waals surface area contributed by atoms with Crippen LogP contribution in [-0.4, -0.2) is 34.3 Å². The molecular formula is C17H21FN4O2. The highest BCUT2D eigenvalue weighted by atomic mass is 19.1. The van der Waals surface area contributed by atoms with Crippen LogP contribution in [0.1, 0.15) is 29.5 Å². The van der Waals surface area contributed by atoms with Crippen LogP contribution in [0, 0.1) is 25.6 Å². The minimum Gasteiger partial charge on any atom is -0.373 e. The fourth-order valence-corrected chi connectivity index (χ4v) is 3.31. The number of nitrogens with zero attached hydrogens (tertiary/aromatic N) is 4. The number of rotatable bonds is 3. The summed E-state index contributed by atoms with van der Waals surface area (Å²) >= 11 is 0. The summed E-state index contributed by atoms with van der Waals surface area (Å²) in [6.07, 6.45) is 1.71. The van der Waals surface area contributed by atoms with E-state index in [9.17, 15) is 9.18 Å². The second kappa shape index (κ2) is 6.32. The molecule has 128 valence electrons. The van der Waals surface area contributed by atoms with Crippen molar-refractivity contribution in [3.8, 4) is 0 Å². The van der Waals surface area contributed by atoms with E-state index >= 15 is 0 Å². The number of hydrogen-bond acceptors (Lipinski definition) is 4. The van der Waals surface area contributed by atoms with Crippen LogP contribution in [0.5, 0.6) is 0 Å². The molecule has 0 bridgehead atoms. The number of anilines is 1. The maximum atomic E-state index is 13.9. The van der Waals surface area contributed by atoms with E-state index in [1.807, 2.05) is 20.9 Å². The molecule has 2 aromatic heterocycles. The van der Waals surface area contributed by atoms with E-state index < -0.39 is 5.82 Å². The van der Waals surface area contributed by atoms with Gasteiger partial charge in [-0.15, -0.1) is 0 Å². The first-order valence-electron chi connectivity index (χ1n) is 7.91. The predicted molar refractivity (Wildman–Crippen MR) is 87.1 cm³/mol. The standard InChI is InChI=1S/C17H21FN4O2/c1-10-14(11(2)22(4)20-10)15-12(7-9-24-15)17(23)21(3)16-13(18)6-5-8-19-16/h5-6,8,12,15H,7,9H2,1-4H3/t12-,15-/m0/s1. The smallest absolute Gasteiger partial charge is 0.234 e. The Balaban J connectivity index is 1.90. The van der Waals surface area contributed by atoms with Crippen LogP contribution in [0.2, 0.25) is 0 Å². The summed E-state index contributed by atoms with van der Waals surface area (Å²) in [4.78, 5) is 18.2. The highest BCUT2D eigenvalue weighted by Crippen LogP contribution is 2.39. The summed E-state index contributed by atoms with van der Waals surface area (Å²) < 4.78 is 21.6. The summed E-state index contributed by atoms with van der Waals surface area (Å²) in [5, 5.41) is 4.41. The van der Waals surface area contributed by atoms with Crippen molar-refractivity contribution in [2.75, 3.05) is 18.6 Å². The molecule has 0 aromatic carbocycles. The van der Waals surface area contributed by atoms with Gasteiger partial charge in [0.05, 0.1) is 17.7 Å². The zero-order chi connectivity index (χ0) is 17.4.